The maximum Gasteiger partial charge on any atom is 0.264 e. The number of rotatable bonds is 1. The highest BCUT2D eigenvalue weighted by atomic mass is 32.2. The van der Waals surface area contributed by atoms with E-state index in [9.17, 15) is 4.79 Å². The maximum absolute atomic E-state index is 12.5. The molecule has 2 aliphatic heterocycles. The molecule has 116 valence electrons. The van der Waals surface area contributed by atoms with Gasteiger partial charge in [-0.1, -0.05) is 11.8 Å². The standard InChI is InChI=1S/C16H24N2O2S/c1-14(2)10-16(7-8-20-14)12(19)17-13(21-16)18-15-5-3-11(9-15)4-6-15/h11H,3-10H2,1-2H3,(H,17,18,19). The van der Waals surface area contributed by atoms with Crippen molar-refractivity contribution in [1.82, 2.24) is 5.32 Å². The second-order valence-corrected chi connectivity index (χ2v) is 9.28. The van der Waals surface area contributed by atoms with Crippen LogP contribution in [0.1, 0.15) is 58.8 Å². The van der Waals surface area contributed by atoms with Crippen molar-refractivity contribution in [3.05, 3.63) is 0 Å². The van der Waals surface area contributed by atoms with Gasteiger partial charge < -0.3 is 10.1 Å². The van der Waals surface area contributed by atoms with E-state index in [0.29, 0.717) is 6.61 Å². The molecule has 1 unspecified atom stereocenters. The predicted octanol–water partition coefficient (Wildman–Crippen LogP) is 2.87. The fraction of sp³-hybridized carbons (Fsp3) is 0.875. The van der Waals surface area contributed by atoms with E-state index in [1.165, 1.54) is 32.1 Å². The molecule has 2 heterocycles. The van der Waals surface area contributed by atoms with Gasteiger partial charge in [-0.3, -0.25) is 4.79 Å². The smallest absolute Gasteiger partial charge is 0.264 e. The van der Waals surface area contributed by atoms with Gasteiger partial charge in [0.1, 0.15) is 4.75 Å². The summed E-state index contributed by atoms with van der Waals surface area (Å²) in [4.78, 5) is 16.9. The van der Waals surface area contributed by atoms with Gasteiger partial charge in [0.2, 0.25) is 0 Å². The lowest BCUT2D eigenvalue weighted by molar-refractivity contribution is -0.128. The molecule has 1 spiro atoms. The van der Waals surface area contributed by atoms with Crippen LogP contribution in [0, 0.1) is 5.92 Å². The number of amides is 1. The van der Waals surface area contributed by atoms with Crippen LogP contribution in [0.15, 0.2) is 4.99 Å². The Labute approximate surface area is 130 Å². The molecule has 0 radical (unpaired) electrons. The predicted molar refractivity (Wildman–Crippen MR) is 84.5 cm³/mol. The third-order valence-corrected chi connectivity index (χ3v) is 7.01. The first-order chi connectivity index (χ1) is 9.91. The lowest BCUT2D eigenvalue weighted by Crippen LogP contribution is -2.48. The van der Waals surface area contributed by atoms with Crippen molar-refractivity contribution >= 4 is 22.8 Å². The first-order valence-electron chi connectivity index (χ1n) is 8.15. The maximum atomic E-state index is 12.5. The molecule has 1 N–H and O–H groups in total. The lowest BCUT2D eigenvalue weighted by atomic mass is 9.87. The number of nitrogens with zero attached hydrogens (tertiary/aromatic N) is 1. The van der Waals surface area contributed by atoms with Crippen molar-refractivity contribution in [1.29, 1.82) is 0 Å². The zero-order chi connectivity index (χ0) is 14.7. The van der Waals surface area contributed by atoms with Crippen molar-refractivity contribution in [2.75, 3.05) is 6.61 Å². The van der Waals surface area contributed by atoms with Gasteiger partial charge in [-0.2, -0.15) is 4.99 Å². The van der Waals surface area contributed by atoms with E-state index < -0.39 is 0 Å². The van der Waals surface area contributed by atoms with Crippen LogP contribution in [-0.4, -0.2) is 33.6 Å². The molecule has 5 heteroatoms. The number of ether oxygens (including phenoxy) is 1. The zero-order valence-corrected chi connectivity index (χ0v) is 13.7. The largest absolute Gasteiger partial charge is 0.375 e. The topological polar surface area (TPSA) is 50.7 Å². The first kappa shape index (κ1) is 14.1. The van der Waals surface area contributed by atoms with Crippen LogP contribution in [0.3, 0.4) is 0 Å². The number of hydrogen-bond donors (Lipinski definition) is 1. The van der Waals surface area contributed by atoms with Crippen molar-refractivity contribution in [2.24, 2.45) is 10.9 Å². The molecular formula is C16H24N2O2S. The molecular weight excluding hydrogens is 284 g/mol. The highest BCUT2D eigenvalue weighted by molar-refractivity contribution is 8.16. The molecule has 1 saturated heterocycles. The summed E-state index contributed by atoms with van der Waals surface area (Å²) in [5.41, 5.74) is 0.0129. The summed E-state index contributed by atoms with van der Waals surface area (Å²) in [5, 5.41) is 4.54. The minimum absolute atomic E-state index is 0.0512. The number of hydrogen-bond acceptors (Lipinski definition) is 4. The van der Waals surface area contributed by atoms with Crippen molar-refractivity contribution < 1.29 is 9.53 Å². The highest BCUT2D eigenvalue weighted by Crippen LogP contribution is 2.50. The number of amidine groups is 1. The number of aliphatic imine (C=N–C) groups is 1. The van der Waals surface area contributed by atoms with Crippen molar-refractivity contribution in [3.63, 3.8) is 0 Å². The SMILES string of the molecule is CC1(C)CC2(CCO1)SC(NC13CCC(CC1)C3)=NC2=O. The Kier molecular flexibility index (Phi) is 3.00. The van der Waals surface area contributed by atoms with Crippen LogP contribution in [0.2, 0.25) is 0 Å². The van der Waals surface area contributed by atoms with Gasteiger partial charge in [0, 0.05) is 18.6 Å². The molecule has 3 fully saturated rings. The first-order valence-corrected chi connectivity index (χ1v) is 8.96. The van der Waals surface area contributed by atoms with Crippen LogP contribution < -0.4 is 5.32 Å². The molecule has 1 amide bonds. The molecule has 21 heavy (non-hydrogen) atoms. The second kappa shape index (κ2) is 4.48. The Hall–Kier alpha value is -0.550. The van der Waals surface area contributed by atoms with E-state index in [4.69, 9.17) is 4.74 Å². The fourth-order valence-electron chi connectivity index (χ4n) is 4.68. The molecule has 4 nitrogen and oxygen atoms in total. The third kappa shape index (κ3) is 2.33. The average molecular weight is 308 g/mol. The number of thioether (sulfide) groups is 1. The Morgan fingerprint density at radius 1 is 1.29 bits per heavy atom. The Morgan fingerprint density at radius 2 is 2.05 bits per heavy atom. The fourth-order valence-corrected chi connectivity index (χ4v) is 6.19. The van der Waals surface area contributed by atoms with Gasteiger partial charge in [0.15, 0.2) is 5.17 Å². The normalized spacial score (nSPS) is 44.4. The number of fused-ring (bicyclic) bond motifs is 2. The molecule has 2 aliphatic carbocycles. The third-order valence-electron chi connectivity index (χ3n) is 5.71. The van der Waals surface area contributed by atoms with Crippen LogP contribution in [0.25, 0.3) is 0 Å². The Bertz CT molecular complexity index is 508. The quantitative estimate of drug-likeness (QED) is 0.809. The van der Waals surface area contributed by atoms with Gasteiger partial charge in [-0.25, -0.2) is 0 Å². The minimum Gasteiger partial charge on any atom is -0.375 e. The van der Waals surface area contributed by atoms with E-state index in [1.807, 2.05) is 0 Å². The van der Waals surface area contributed by atoms with E-state index in [2.05, 4.69) is 24.2 Å². The zero-order valence-electron chi connectivity index (χ0n) is 12.9. The number of nitrogens with one attached hydrogen (secondary N) is 1. The van der Waals surface area contributed by atoms with Crippen molar-refractivity contribution in [3.8, 4) is 0 Å². The summed E-state index contributed by atoms with van der Waals surface area (Å²) < 4.78 is 5.40. The molecule has 0 aromatic heterocycles. The molecule has 0 aromatic rings. The van der Waals surface area contributed by atoms with Crippen LogP contribution >= 0.6 is 11.8 Å². The summed E-state index contributed by atoms with van der Waals surface area (Å²) >= 11 is 1.67. The molecule has 4 aliphatic rings. The van der Waals surface area contributed by atoms with Crippen LogP contribution in [0.5, 0.6) is 0 Å². The van der Waals surface area contributed by atoms with Gasteiger partial charge in [0.25, 0.3) is 5.91 Å². The average Bonchev–Trinajstić information content (AvgIpc) is 3.03. The molecule has 2 saturated carbocycles. The minimum atomic E-state index is -0.378. The molecule has 1 atom stereocenters. The van der Waals surface area contributed by atoms with Crippen LogP contribution in [0.4, 0.5) is 0 Å². The summed E-state index contributed by atoms with van der Waals surface area (Å²) in [6.07, 6.45) is 7.97. The van der Waals surface area contributed by atoms with E-state index in [1.54, 1.807) is 11.8 Å². The summed E-state index contributed by atoms with van der Waals surface area (Å²) in [6, 6.07) is 0. The van der Waals surface area contributed by atoms with Gasteiger partial charge >= 0.3 is 0 Å². The monoisotopic (exact) mass is 308 g/mol. The Morgan fingerprint density at radius 3 is 2.67 bits per heavy atom. The number of carbonyl (C=O) groups is 1. The van der Waals surface area contributed by atoms with Crippen molar-refractivity contribution in [2.45, 2.75) is 74.7 Å². The summed E-state index contributed by atoms with van der Waals surface area (Å²) in [6.45, 7) is 4.80. The van der Waals surface area contributed by atoms with Gasteiger partial charge in [-0.05, 0) is 58.3 Å². The summed E-state index contributed by atoms with van der Waals surface area (Å²) in [5.74, 6) is 0.950. The van der Waals surface area contributed by atoms with Gasteiger partial charge in [0.05, 0.1) is 5.60 Å². The summed E-state index contributed by atoms with van der Waals surface area (Å²) in [7, 11) is 0. The van der Waals surface area contributed by atoms with E-state index in [-0.39, 0.29) is 21.8 Å². The van der Waals surface area contributed by atoms with Crippen LogP contribution in [-0.2, 0) is 9.53 Å². The molecule has 0 aromatic carbocycles. The Balaban J connectivity index is 1.50. The molecule has 2 bridgehead atoms. The second-order valence-electron chi connectivity index (χ2n) is 7.91. The number of carbonyl (C=O) groups excluding carboxylic acids is 1. The van der Waals surface area contributed by atoms with E-state index in [0.717, 1.165) is 23.9 Å². The molecule has 4 rings (SSSR count). The lowest BCUT2D eigenvalue weighted by Gasteiger charge is -2.40. The van der Waals surface area contributed by atoms with Gasteiger partial charge in [-0.15, -0.1) is 0 Å². The highest BCUT2D eigenvalue weighted by Gasteiger charge is 2.53. The van der Waals surface area contributed by atoms with E-state index >= 15 is 0 Å².